The summed E-state index contributed by atoms with van der Waals surface area (Å²) in [6.07, 6.45) is 0. The van der Waals surface area contributed by atoms with Crippen molar-refractivity contribution >= 4 is 33.6 Å². The van der Waals surface area contributed by atoms with E-state index in [0.717, 1.165) is 9.37 Å². The summed E-state index contributed by atoms with van der Waals surface area (Å²) in [5, 5.41) is 3.20. The second-order valence-electron chi connectivity index (χ2n) is 4.28. The molecular weight excluding hydrogens is 312 g/mol. The predicted molar refractivity (Wildman–Crippen MR) is 81.0 cm³/mol. The molecule has 100 valence electrons. The van der Waals surface area contributed by atoms with Gasteiger partial charge in [0.2, 0.25) is 5.91 Å². The maximum Gasteiger partial charge on any atom is 0.232 e. The van der Waals surface area contributed by atoms with Crippen molar-refractivity contribution in [3.63, 3.8) is 0 Å². The third-order valence-electron chi connectivity index (χ3n) is 2.74. The largest absolute Gasteiger partial charge is 0.348 e. The van der Waals surface area contributed by atoms with Crippen LogP contribution in [0.25, 0.3) is 0 Å². The molecule has 5 heteroatoms. The lowest BCUT2D eigenvalue weighted by atomic mass is 10.1. The average Bonchev–Trinajstić information content (AvgIpc) is 2.35. The van der Waals surface area contributed by atoms with E-state index in [1.807, 2.05) is 7.05 Å². The monoisotopic (exact) mass is 330 g/mol. The number of carbonyl (C=O) groups excluding carboxylic acids is 1. The summed E-state index contributed by atoms with van der Waals surface area (Å²) in [5.41, 5.74) is 1.23. The summed E-state index contributed by atoms with van der Waals surface area (Å²) in [4.78, 5) is 14.2. The number of nitrogens with one attached hydrogen (secondary N) is 1. The van der Waals surface area contributed by atoms with Crippen LogP contribution in [0.4, 0.5) is 0 Å². The molecule has 0 heterocycles. The van der Waals surface area contributed by atoms with Crippen LogP contribution < -0.4 is 5.32 Å². The fourth-order valence-corrected chi connectivity index (χ4v) is 2.98. The zero-order valence-corrected chi connectivity index (χ0v) is 13.6. The molecule has 1 rings (SSSR count). The topological polar surface area (TPSA) is 32.3 Å². The lowest BCUT2D eigenvalue weighted by Gasteiger charge is -2.13. The van der Waals surface area contributed by atoms with E-state index in [1.54, 1.807) is 30.8 Å². The molecule has 1 atom stereocenters. The van der Waals surface area contributed by atoms with Gasteiger partial charge in [-0.3, -0.25) is 4.79 Å². The van der Waals surface area contributed by atoms with Gasteiger partial charge in [-0.05, 0) is 47.6 Å². The number of rotatable bonds is 5. The van der Waals surface area contributed by atoms with Crippen molar-refractivity contribution < 1.29 is 4.79 Å². The van der Waals surface area contributed by atoms with Gasteiger partial charge in [-0.25, -0.2) is 0 Å². The molecule has 0 aliphatic carbocycles. The summed E-state index contributed by atoms with van der Waals surface area (Å²) >= 11 is 5.11. The first-order valence-electron chi connectivity index (χ1n) is 5.75. The number of carbonyl (C=O) groups is 1. The van der Waals surface area contributed by atoms with Gasteiger partial charge in [0.1, 0.15) is 0 Å². The second-order valence-corrected chi connectivity index (χ2v) is 6.15. The summed E-state index contributed by atoms with van der Waals surface area (Å²) in [6, 6.07) is 6.57. The number of hydrogen-bond donors (Lipinski definition) is 1. The standard InChI is InChI=1S/C13H19BrN2OS/c1-9(15-2)10-5-6-12(11(14)7-10)18-8-13(17)16(3)4/h5-7,9,15H,8H2,1-4H3. The zero-order chi connectivity index (χ0) is 13.7. The number of amides is 1. The van der Waals surface area contributed by atoms with E-state index in [4.69, 9.17) is 0 Å². The Morgan fingerprint density at radius 2 is 2.17 bits per heavy atom. The first-order chi connectivity index (χ1) is 8.45. The van der Waals surface area contributed by atoms with E-state index in [-0.39, 0.29) is 5.91 Å². The van der Waals surface area contributed by atoms with Gasteiger partial charge < -0.3 is 10.2 Å². The summed E-state index contributed by atoms with van der Waals surface area (Å²) < 4.78 is 1.04. The van der Waals surface area contributed by atoms with E-state index in [0.29, 0.717) is 11.8 Å². The molecule has 0 aliphatic rings. The summed E-state index contributed by atoms with van der Waals surface area (Å²) in [7, 11) is 5.49. The molecule has 0 bridgehead atoms. The molecule has 1 aromatic carbocycles. The van der Waals surface area contributed by atoms with Crippen molar-refractivity contribution in [2.75, 3.05) is 26.9 Å². The average molecular weight is 331 g/mol. The Morgan fingerprint density at radius 1 is 1.50 bits per heavy atom. The van der Waals surface area contributed by atoms with Gasteiger partial charge in [-0.1, -0.05) is 6.07 Å². The van der Waals surface area contributed by atoms with E-state index in [1.165, 1.54) is 5.56 Å². The molecule has 1 amide bonds. The van der Waals surface area contributed by atoms with Gasteiger partial charge in [0.05, 0.1) is 5.75 Å². The number of thioether (sulfide) groups is 1. The first-order valence-corrected chi connectivity index (χ1v) is 7.53. The SMILES string of the molecule is CNC(C)c1ccc(SCC(=O)N(C)C)c(Br)c1. The Hall–Kier alpha value is -0.520. The minimum atomic E-state index is 0.125. The van der Waals surface area contributed by atoms with Crippen LogP contribution in [0.2, 0.25) is 0 Å². The molecule has 0 spiro atoms. The van der Waals surface area contributed by atoms with Gasteiger partial charge in [0.15, 0.2) is 0 Å². The predicted octanol–water partition coefficient (Wildman–Crippen LogP) is 2.91. The smallest absolute Gasteiger partial charge is 0.232 e. The maximum absolute atomic E-state index is 11.5. The van der Waals surface area contributed by atoms with Crippen molar-refractivity contribution in [3.8, 4) is 0 Å². The minimum Gasteiger partial charge on any atom is -0.348 e. The van der Waals surface area contributed by atoms with Crippen LogP contribution in [0.1, 0.15) is 18.5 Å². The highest BCUT2D eigenvalue weighted by atomic mass is 79.9. The highest BCUT2D eigenvalue weighted by Crippen LogP contribution is 2.30. The van der Waals surface area contributed by atoms with E-state index >= 15 is 0 Å². The molecule has 3 nitrogen and oxygen atoms in total. The molecule has 1 N–H and O–H groups in total. The van der Waals surface area contributed by atoms with Crippen LogP contribution in [0.3, 0.4) is 0 Å². The molecule has 0 radical (unpaired) electrons. The third kappa shape index (κ3) is 4.30. The molecule has 0 aliphatic heterocycles. The van der Waals surface area contributed by atoms with Gasteiger partial charge in [0, 0.05) is 29.5 Å². The van der Waals surface area contributed by atoms with Crippen LogP contribution in [0.15, 0.2) is 27.6 Å². The van der Waals surface area contributed by atoms with Crippen LogP contribution in [-0.4, -0.2) is 37.7 Å². The van der Waals surface area contributed by atoms with Crippen LogP contribution in [-0.2, 0) is 4.79 Å². The Balaban J connectivity index is 2.71. The van der Waals surface area contributed by atoms with Gasteiger partial charge in [0.25, 0.3) is 0 Å². The second kappa shape index (κ2) is 7.16. The Labute approximate surface area is 121 Å². The Kier molecular flexibility index (Phi) is 6.18. The van der Waals surface area contributed by atoms with E-state index in [9.17, 15) is 4.79 Å². The number of benzene rings is 1. The Bertz CT molecular complexity index is 423. The van der Waals surface area contributed by atoms with Crippen LogP contribution in [0, 0.1) is 0 Å². The van der Waals surface area contributed by atoms with Crippen molar-refractivity contribution in [1.82, 2.24) is 10.2 Å². The highest BCUT2D eigenvalue weighted by Gasteiger charge is 2.09. The Morgan fingerprint density at radius 3 is 2.67 bits per heavy atom. The fourth-order valence-electron chi connectivity index (χ4n) is 1.34. The van der Waals surface area contributed by atoms with Crippen molar-refractivity contribution in [1.29, 1.82) is 0 Å². The number of halogens is 1. The van der Waals surface area contributed by atoms with Gasteiger partial charge >= 0.3 is 0 Å². The van der Waals surface area contributed by atoms with E-state index < -0.39 is 0 Å². The molecule has 0 saturated heterocycles. The van der Waals surface area contributed by atoms with Crippen LogP contribution in [0.5, 0.6) is 0 Å². The molecule has 0 saturated carbocycles. The highest BCUT2D eigenvalue weighted by molar-refractivity contribution is 9.10. The normalized spacial score (nSPS) is 12.3. The van der Waals surface area contributed by atoms with E-state index in [2.05, 4.69) is 46.4 Å². The molecule has 0 aromatic heterocycles. The number of hydrogen-bond acceptors (Lipinski definition) is 3. The summed E-state index contributed by atoms with van der Waals surface area (Å²) in [6.45, 7) is 2.12. The number of nitrogens with zero attached hydrogens (tertiary/aromatic N) is 1. The molecule has 0 fully saturated rings. The van der Waals surface area contributed by atoms with Crippen LogP contribution >= 0.6 is 27.7 Å². The summed E-state index contributed by atoms with van der Waals surface area (Å²) in [5.74, 6) is 0.589. The lowest BCUT2D eigenvalue weighted by molar-refractivity contribution is -0.125. The van der Waals surface area contributed by atoms with Gasteiger partial charge in [-0.2, -0.15) is 0 Å². The van der Waals surface area contributed by atoms with Crippen molar-refractivity contribution in [2.45, 2.75) is 17.9 Å². The maximum atomic E-state index is 11.5. The molecule has 1 unspecified atom stereocenters. The minimum absolute atomic E-state index is 0.125. The first kappa shape index (κ1) is 15.5. The quantitative estimate of drug-likeness (QED) is 0.842. The molecule has 1 aromatic rings. The molecule has 18 heavy (non-hydrogen) atoms. The fraction of sp³-hybridized carbons (Fsp3) is 0.462. The van der Waals surface area contributed by atoms with Gasteiger partial charge in [-0.15, -0.1) is 11.8 Å². The lowest BCUT2D eigenvalue weighted by Crippen LogP contribution is -2.23. The van der Waals surface area contributed by atoms with Crippen molar-refractivity contribution in [3.05, 3.63) is 28.2 Å². The molecular formula is C13H19BrN2OS. The van der Waals surface area contributed by atoms with Crippen molar-refractivity contribution in [2.24, 2.45) is 0 Å². The zero-order valence-electron chi connectivity index (χ0n) is 11.2. The third-order valence-corrected chi connectivity index (χ3v) is 4.72.